The standard InChI is InChI=1S/C42H83NO4/c1-5-9-13-17-20-21-22-25-32-38-46-40(44)35-29-26-31-37-42(43,36-30-16-12-8-4)41(45)47-39(33-27-23-18-14-10-6-2)34-28-24-19-15-11-7-3/h39H,5-38,43H2,1-4H3. The van der Waals surface area contributed by atoms with E-state index in [1.165, 1.54) is 116 Å². The second-order valence-corrected chi connectivity index (χ2v) is 14.7. The minimum absolute atomic E-state index is 0.0148. The predicted octanol–water partition coefficient (Wildman–Crippen LogP) is 13.1. The molecule has 0 aliphatic heterocycles. The van der Waals surface area contributed by atoms with Crippen LogP contribution in [-0.2, 0) is 19.1 Å². The van der Waals surface area contributed by atoms with Crippen LogP contribution in [0.1, 0.15) is 240 Å². The zero-order valence-electron chi connectivity index (χ0n) is 32.3. The highest BCUT2D eigenvalue weighted by molar-refractivity contribution is 5.80. The van der Waals surface area contributed by atoms with E-state index in [0.29, 0.717) is 25.9 Å². The van der Waals surface area contributed by atoms with Crippen molar-refractivity contribution in [2.24, 2.45) is 5.73 Å². The summed E-state index contributed by atoms with van der Waals surface area (Å²) in [5, 5.41) is 0. The average Bonchev–Trinajstić information content (AvgIpc) is 3.06. The van der Waals surface area contributed by atoms with Gasteiger partial charge in [0.1, 0.15) is 11.6 Å². The Balaban J connectivity index is 4.68. The monoisotopic (exact) mass is 666 g/mol. The Morgan fingerprint density at radius 3 is 1.30 bits per heavy atom. The van der Waals surface area contributed by atoms with Gasteiger partial charge in [-0.25, -0.2) is 0 Å². The van der Waals surface area contributed by atoms with E-state index < -0.39 is 5.54 Å². The van der Waals surface area contributed by atoms with Gasteiger partial charge in [0.2, 0.25) is 0 Å². The van der Waals surface area contributed by atoms with Crippen LogP contribution in [0.25, 0.3) is 0 Å². The smallest absolute Gasteiger partial charge is 0.326 e. The molecule has 280 valence electrons. The molecule has 0 aromatic carbocycles. The Labute approximate surface area is 294 Å². The van der Waals surface area contributed by atoms with E-state index in [9.17, 15) is 9.59 Å². The molecule has 0 aliphatic carbocycles. The highest BCUT2D eigenvalue weighted by Crippen LogP contribution is 2.25. The molecule has 0 rings (SSSR count). The lowest BCUT2D eigenvalue weighted by Crippen LogP contribution is -2.50. The zero-order valence-corrected chi connectivity index (χ0v) is 32.3. The molecule has 0 spiro atoms. The van der Waals surface area contributed by atoms with E-state index in [4.69, 9.17) is 15.2 Å². The highest BCUT2D eigenvalue weighted by atomic mass is 16.5. The first-order valence-electron chi connectivity index (χ1n) is 21.1. The van der Waals surface area contributed by atoms with E-state index >= 15 is 0 Å². The van der Waals surface area contributed by atoms with Gasteiger partial charge in [0.15, 0.2) is 0 Å². The molecular weight excluding hydrogens is 582 g/mol. The largest absolute Gasteiger partial charge is 0.466 e. The van der Waals surface area contributed by atoms with E-state index in [1.807, 2.05) is 0 Å². The summed E-state index contributed by atoms with van der Waals surface area (Å²) >= 11 is 0. The maximum absolute atomic E-state index is 13.7. The van der Waals surface area contributed by atoms with Crippen molar-refractivity contribution < 1.29 is 19.1 Å². The molecule has 5 nitrogen and oxygen atoms in total. The molecule has 2 N–H and O–H groups in total. The summed E-state index contributed by atoms with van der Waals surface area (Å²) in [4.78, 5) is 26.0. The summed E-state index contributed by atoms with van der Waals surface area (Å²) in [6, 6.07) is 0. The number of esters is 2. The quantitative estimate of drug-likeness (QED) is 0.0528. The molecule has 0 aromatic rings. The van der Waals surface area contributed by atoms with Crippen molar-refractivity contribution in [2.45, 2.75) is 251 Å². The minimum atomic E-state index is -0.926. The van der Waals surface area contributed by atoms with Crippen molar-refractivity contribution in [1.29, 1.82) is 0 Å². The fourth-order valence-corrected chi connectivity index (χ4v) is 6.59. The molecule has 1 atom stereocenters. The van der Waals surface area contributed by atoms with Crippen LogP contribution >= 0.6 is 0 Å². The third kappa shape index (κ3) is 29.5. The first-order chi connectivity index (χ1) is 22.9. The van der Waals surface area contributed by atoms with E-state index in [0.717, 1.165) is 77.0 Å². The van der Waals surface area contributed by atoms with Gasteiger partial charge in [0.25, 0.3) is 0 Å². The number of unbranched alkanes of at least 4 members (excludes halogenated alkanes) is 23. The molecule has 0 heterocycles. The number of carbonyl (C=O) groups is 2. The molecule has 0 aromatic heterocycles. The number of rotatable bonds is 37. The summed E-state index contributed by atoms with van der Waals surface area (Å²) in [7, 11) is 0. The Hall–Kier alpha value is -1.10. The Morgan fingerprint density at radius 1 is 0.489 bits per heavy atom. The molecule has 0 aliphatic rings. The predicted molar refractivity (Wildman–Crippen MR) is 203 cm³/mol. The van der Waals surface area contributed by atoms with Crippen LogP contribution < -0.4 is 5.73 Å². The summed E-state index contributed by atoms with van der Waals surface area (Å²) in [5.74, 6) is -0.272. The first-order valence-corrected chi connectivity index (χ1v) is 21.1. The maximum Gasteiger partial charge on any atom is 0.326 e. The van der Waals surface area contributed by atoms with Gasteiger partial charge in [-0.3, -0.25) is 9.59 Å². The summed E-state index contributed by atoms with van der Waals surface area (Å²) in [5.41, 5.74) is 5.99. The van der Waals surface area contributed by atoms with Crippen molar-refractivity contribution in [1.82, 2.24) is 0 Å². The van der Waals surface area contributed by atoms with E-state index in [2.05, 4.69) is 27.7 Å². The molecule has 0 saturated heterocycles. The fraction of sp³-hybridized carbons (Fsp3) is 0.952. The number of hydrogen-bond acceptors (Lipinski definition) is 5. The molecule has 0 amide bonds. The van der Waals surface area contributed by atoms with Gasteiger partial charge in [-0.2, -0.15) is 0 Å². The molecule has 0 saturated carbocycles. The Bertz CT molecular complexity index is 668. The lowest BCUT2D eigenvalue weighted by Gasteiger charge is -2.30. The van der Waals surface area contributed by atoms with Crippen molar-refractivity contribution in [2.75, 3.05) is 6.61 Å². The number of hydrogen-bond donors (Lipinski definition) is 1. The van der Waals surface area contributed by atoms with E-state index in [-0.39, 0.29) is 18.0 Å². The van der Waals surface area contributed by atoms with Gasteiger partial charge < -0.3 is 15.2 Å². The normalized spacial score (nSPS) is 12.8. The third-order valence-corrected chi connectivity index (χ3v) is 9.93. The molecule has 0 bridgehead atoms. The first kappa shape index (κ1) is 45.9. The second-order valence-electron chi connectivity index (χ2n) is 14.7. The number of nitrogens with two attached hydrogens (primary N) is 1. The van der Waals surface area contributed by atoms with Gasteiger partial charge in [0, 0.05) is 6.42 Å². The second kappa shape index (κ2) is 34.8. The van der Waals surface area contributed by atoms with Crippen LogP contribution in [0.2, 0.25) is 0 Å². The molecule has 47 heavy (non-hydrogen) atoms. The Kier molecular flexibility index (Phi) is 33.9. The van der Waals surface area contributed by atoms with Crippen molar-refractivity contribution in [3.8, 4) is 0 Å². The average molecular weight is 666 g/mol. The van der Waals surface area contributed by atoms with Gasteiger partial charge in [-0.1, -0.05) is 182 Å². The number of carbonyl (C=O) groups excluding carboxylic acids is 2. The van der Waals surface area contributed by atoms with Gasteiger partial charge in [-0.05, 0) is 51.4 Å². The molecule has 0 fully saturated rings. The molecule has 1 unspecified atom stereocenters. The van der Waals surface area contributed by atoms with Crippen molar-refractivity contribution in [3.05, 3.63) is 0 Å². The summed E-state index contributed by atoms with van der Waals surface area (Å²) in [6.07, 6.45) is 36.9. The van der Waals surface area contributed by atoms with Crippen LogP contribution in [0.3, 0.4) is 0 Å². The van der Waals surface area contributed by atoms with Crippen LogP contribution in [0.4, 0.5) is 0 Å². The highest BCUT2D eigenvalue weighted by Gasteiger charge is 2.36. The van der Waals surface area contributed by atoms with Crippen LogP contribution in [-0.4, -0.2) is 30.2 Å². The Morgan fingerprint density at radius 2 is 0.851 bits per heavy atom. The topological polar surface area (TPSA) is 78.6 Å². The summed E-state index contributed by atoms with van der Waals surface area (Å²) < 4.78 is 11.8. The van der Waals surface area contributed by atoms with Crippen molar-refractivity contribution in [3.63, 3.8) is 0 Å². The minimum Gasteiger partial charge on any atom is -0.466 e. The molecule has 0 radical (unpaired) electrons. The van der Waals surface area contributed by atoms with Gasteiger partial charge in [0.05, 0.1) is 6.61 Å². The van der Waals surface area contributed by atoms with Crippen molar-refractivity contribution >= 4 is 11.9 Å². The van der Waals surface area contributed by atoms with Crippen LogP contribution in [0.15, 0.2) is 0 Å². The summed E-state index contributed by atoms with van der Waals surface area (Å²) in [6.45, 7) is 9.52. The van der Waals surface area contributed by atoms with Crippen LogP contribution in [0, 0.1) is 0 Å². The lowest BCUT2D eigenvalue weighted by molar-refractivity contribution is -0.157. The maximum atomic E-state index is 13.7. The molecular formula is C42H83NO4. The van der Waals surface area contributed by atoms with E-state index in [1.54, 1.807) is 0 Å². The van der Waals surface area contributed by atoms with Crippen LogP contribution in [0.5, 0.6) is 0 Å². The fourth-order valence-electron chi connectivity index (χ4n) is 6.59. The zero-order chi connectivity index (χ0) is 34.7. The number of ether oxygens (including phenoxy) is 2. The third-order valence-electron chi connectivity index (χ3n) is 9.93. The lowest BCUT2D eigenvalue weighted by atomic mass is 9.87. The van der Waals surface area contributed by atoms with Gasteiger partial charge >= 0.3 is 11.9 Å². The SMILES string of the molecule is CCCCCCCCCCCOC(=O)CCCCCC(N)(CCCCCC)C(=O)OC(CCCCCCCC)CCCCCCCC. The van der Waals surface area contributed by atoms with Gasteiger partial charge in [-0.15, -0.1) is 0 Å². The molecule has 5 heteroatoms.